The quantitative estimate of drug-likeness (QED) is 0.554. The number of hydrogen-bond donors (Lipinski definition) is 0. The Hall–Kier alpha value is -1.02. The van der Waals surface area contributed by atoms with Gasteiger partial charge in [-0.05, 0) is 36.5 Å². The summed E-state index contributed by atoms with van der Waals surface area (Å²) in [5.74, 6) is 0.878. The van der Waals surface area contributed by atoms with Gasteiger partial charge in [-0.2, -0.15) is 0 Å². The van der Waals surface area contributed by atoms with Gasteiger partial charge in [0.15, 0.2) is 0 Å². The van der Waals surface area contributed by atoms with Crippen LogP contribution in [-0.2, 0) is 4.79 Å². The maximum Gasteiger partial charge on any atom is 0.308 e. The Labute approximate surface area is 87.8 Å². The lowest BCUT2D eigenvalue weighted by Crippen LogP contribution is -2.03. The van der Waals surface area contributed by atoms with Crippen molar-refractivity contribution in [2.45, 2.75) is 25.7 Å². The van der Waals surface area contributed by atoms with Crippen molar-refractivity contribution >= 4 is 17.6 Å². The lowest BCUT2D eigenvalue weighted by atomic mass is 10.1. The molecule has 0 N–H and O–H groups in total. The van der Waals surface area contributed by atoms with Crippen molar-refractivity contribution in [2.24, 2.45) is 0 Å². The van der Waals surface area contributed by atoms with Crippen molar-refractivity contribution in [3.05, 3.63) is 28.8 Å². The normalized spacial score (nSPS) is 15.3. The lowest BCUT2D eigenvalue weighted by molar-refractivity contribution is -0.131. The van der Waals surface area contributed by atoms with Crippen LogP contribution in [0.5, 0.6) is 5.75 Å². The summed E-state index contributed by atoms with van der Waals surface area (Å²) in [6.07, 6.45) is 2.35. The zero-order valence-electron chi connectivity index (χ0n) is 7.92. The van der Waals surface area contributed by atoms with Crippen LogP contribution in [0.3, 0.4) is 0 Å². The predicted octanol–water partition coefficient (Wildman–Crippen LogP) is 3.14. The third kappa shape index (κ3) is 2.07. The van der Waals surface area contributed by atoms with Gasteiger partial charge < -0.3 is 4.74 Å². The summed E-state index contributed by atoms with van der Waals surface area (Å²) in [5.41, 5.74) is 1.10. The molecule has 74 valence electrons. The van der Waals surface area contributed by atoms with Gasteiger partial charge >= 0.3 is 5.97 Å². The number of carbonyl (C=O) groups excluding carboxylic acids is 1. The van der Waals surface area contributed by atoms with Gasteiger partial charge in [-0.15, -0.1) is 0 Å². The topological polar surface area (TPSA) is 26.3 Å². The Morgan fingerprint density at radius 3 is 2.79 bits per heavy atom. The molecule has 0 aromatic heterocycles. The largest absolute Gasteiger partial charge is 0.426 e. The first-order valence-electron chi connectivity index (χ1n) is 4.64. The molecule has 0 amide bonds. The molecule has 1 aromatic rings. The standard InChI is InChI=1S/C11H11ClO2/c1-7(13)14-11-6-9(12)4-5-10(11)8-2-3-8/h4-6,8H,2-3H2,1H3. The first kappa shape index (κ1) is 9.53. The average molecular weight is 211 g/mol. The molecule has 1 saturated carbocycles. The van der Waals surface area contributed by atoms with Gasteiger partial charge in [-0.3, -0.25) is 4.79 Å². The molecule has 1 fully saturated rings. The van der Waals surface area contributed by atoms with Gasteiger partial charge in [0, 0.05) is 11.9 Å². The number of halogens is 1. The summed E-state index contributed by atoms with van der Waals surface area (Å²) in [6, 6.07) is 5.48. The number of ether oxygens (including phenoxy) is 1. The van der Waals surface area contributed by atoms with Crippen LogP contribution in [0.4, 0.5) is 0 Å². The molecular formula is C11H11ClO2. The molecule has 14 heavy (non-hydrogen) atoms. The van der Waals surface area contributed by atoms with E-state index in [4.69, 9.17) is 16.3 Å². The van der Waals surface area contributed by atoms with Gasteiger partial charge in [0.1, 0.15) is 5.75 Å². The van der Waals surface area contributed by atoms with Crippen LogP contribution in [0.1, 0.15) is 31.2 Å². The first-order chi connectivity index (χ1) is 6.66. The maximum absolute atomic E-state index is 10.9. The van der Waals surface area contributed by atoms with Gasteiger partial charge in [0.05, 0.1) is 0 Å². The van der Waals surface area contributed by atoms with E-state index >= 15 is 0 Å². The molecule has 0 atom stereocenters. The van der Waals surface area contributed by atoms with Crippen molar-refractivity contribution in [1.82, 2.24) is 0 Å². The van der Waals surface area contributed by atoms with Crippen LogP contribution in [0.15, 0.2) is 18.2 Å². The molecule has 0 saturated heterocycles. The van der Waals surface area contributed by atoms with Crippen LogP contribution in [0, 0.1) is 0 Å². The minimum atomic E-state index is -0.297. The molecule has 1 aliphatic rings. The fourth-order valence-electron chi connectivity index (χ4n) is 1.48. The smallest absolute Gasteiger partial charge is 0.308 e. The van der Waals surface area contributed by atoms with Crippen molar-refractivity contribution < 1.29 is 9.53 Å². The molecule has 1 aliphatic carbocycles. The van der Waals surface area contributed by atoms with E-state index < -0.39 is 0 Å². The van der Waals surface area contributed by atoms with Crippen molar-refractivity contribution in [2.75, 3.05) is 0 Å². The van der Waals surface area contributed by atoms with Crippen LogP contribution < -0.4 is 4.74 Å². The molecule has 0 radical (unpaired) electrons. The highest BCUT2D eigenvalue weighted by atomic mass is 35.5. The van der Waals surface area contributed by atoms with E-state index in [1.54, 1.807) is 6.07 Å². The minimum Gasteiger partial charge on any atom is -0.426 e. The Kier molecular flexibility index (Phi) is 2.46. The second-order valence-electron chi connectivity index (χ2n) is 3.55. The van der Waals surface area contributed by atoms with Crippen molar-refractivity contribution in [3.8, 4) is 5.75 Å². The van der Waals surface area contributed by atoms with E-state index in [2.05, 4.69) is 0 Å². The maximum atomic E-state index is 10.9. The molecule has 2 rings (SSSR count). The van der Waals surface area contributed by atoms with E-state index in [1.807, 2.05) is 12.1 Å². The number of carbonyl (C=O) groups is 1. The van der Waals surface area contributed by atoms with E-state index in [0.717, 1.165) is 5.56 Å². The molecule has 1 aromatic carbocycles. The number of rotatable bonds is 2. The first-order valence-corrected chi connectivity index (χ1v) is 5.02. The van der Waals surface area contributed by atoms with E-state index in [9.17, 15) is 4.79 Å². The molecule has 0 spiro atoms. The molecular weight excluding hydrogens is 200 g/mol. The van der Waals surface area contributed by atoms with Crippen molar-refractivity contribution in [3.63, 3.8) is 0 Å². The Morgan fingerprint density at radius 1 is 1.50 bits per heavy atom. The van der Waals surface area contributed by atoms with Gasteiger partial charge in [0.2, 0.25) is 0 Å². The van der Waals surface area contributed by atoms with Crippen LogP contribution in [0.25, 0.3) is 0 Å². The van der Waals surface area contributed by atoms with Crippen LogP contribution in [-0.4, -0.2) is 5.97 Å². The van der Waals surface area contributed by atoms with Gasteiger partial charge in [0.25, 0.3) is 0 Å². The average Bonchev–Trinajstić information content (AvgIpc) is 2.86. The highest BCUT2D eigenvalue weighted by molar-refractivity contribution is 6.30. The third-order valence-electron chi connectivity index (χ3n) is 2.25. The zero-order valence-corrected chi connectivity index (χ0v) is 8.67. The highest BCUT2D eigenvalue weighted by Gasteiger charge is 2.27. The Bertz CT molecular complexity index is 370. The SMILES string of the molecule is CC(=O)Oc1cc(Cl)ccc1C1CC1. The second kappa shape index (κ2) is 3.62. The summed E-state index contributed by atoms with van der Waals surface area (Å²) in [5, 5.41) is 0.602. The van der Waals surface area contributed by atoms with Crippen LogP contribution >= 0.6 is 11.6 Å². The summed E-state index contributed by atoms with van der Waals surface area (Å²) < 4.78 is 5.10. The molecule has 2 nitrogen and oxygen atoms in total. The summed E-state index contributed by atoms with van der Waals surface area (Å²) in [4.78, 5) is 10.9. The molecule has 0 bridgehead atoms. The summed E-state index contributed by atoms with van der Waals surface area (Å²) in [7, 11) is 0. The molecule has 0 unspecified atom stereocenters. The van der Waals surface area contributed by atoms with E-state index in [-0.39, 0.29) is 5.97 Å². The number of esters is 1. The lowest BCUT2D eigenvalue weighted by Gasteiger charge is -2.07. The van der Waals surface area contributed by atoms with Gasteiger partial charge in [-0.25, -0.2) is 0 Å². The molecule has 0 aliphatic heterocycles. The van der Waals surface area contributed by atoms with E-state index in [1.165, 1.54) is 19.8 Å². The predicted molar refractivity (Wildman–Crippen MR) is 54.7 cm³/mol. The Morgan fingerprint density at radius 2 is 2.21 bits per heavy atom. The number of benzene rings is 1. The Balaban J connectivity index is 2.32. The van der Waals surface area contributed by atoms with Crippen molar-refractivity contribution in [1.29, 1.82) is 0 Å². The fourth-order valence-corrected chi connectivity index (χ4v) is 1.65. The monoisotopic (exact) mass is 210 g/mol. The van der Waals surface area contributed by atoms with E-state index in [0.29, 0.717) is 16.7 Å². The molecule has 0 heterocycles. The number of hydrogen-bond acceptors (Lipinski definition) is 2. The fraction of sp³-hybridized carbons (Fsp3) is 0.364. The summed E-state index contributed by atoms with van der Waals surface area (Å²) >= 11 is 5.83. The van der Waals surface area contributed by atoms with Gasteiger partial charge in [-0.1, -0.05) is 17.7 Å². The zero-order chi connectivity index (χ0) is 10.1. The molecule has 3 heteroatoms. The third-order valence-corrected chi connectivity index (χ3v) is 2.48. The second-order valence-corrected chi connectivity index (χ2v) is 3.99. The highest BCUT2D eigenvalue weighted by Crippen LogP contribution is 2.44. The van der Waals surface area contributed by atoms with Crippen LogP contribution in [0.2, 0.25) is 5.02 Å². The minimum absolute atomic E-state index is 0.297. The summed E-state index contributed by atoms with van der Waals surface area (Å²) in [6.45, 7) is 1.40.